The van der Waals surface area contributed by atoms with Gasteiger partial charge in [0.1, 0.15) is 43.0 Å². The van der Waals surface area contributed by atoms with Crippen molar-refractivity contribution < 1.29 is 28.4 Å². The van der Waals surface area contributed by atoms with Crippen LogP contribution >= 0.6 is 14.7 Å². The van der Waals surface area contributed by atoms with E-state index in [4.69, 9.17) is 37.9 Å². The highest BCUT2D eigenvalue weighted by Gasteiger charge is 2.48. The zero-order valence-corrected chi connectivity index (χ0v) is 35.9. The quantitative estimate of drug-likeness (QED) is 0.130. The minimum absolute atomic E-state index is 0.617. The smallest absolute Gasteiger partial charge is 0.150 e. The van der Waals surface area contributed by atoms with Gasteiger partial charge < -0.3 is 32.8 Å². The summed E-state index contributed by atoms with van der Waals surface area (Å²) in [5.74, 6) is 1.49. The van der Waals surface area contributed by atoms with Crippen LogP contribution in [0.4, 0.5) is 11.4 Å². The van der Waals surface area contributed by atoms with Gasteiger partial charge in [0, 0.05) is 64.1 Å². The third kappa shape index (κ3) is 7.61. The van der Waals surface area contributed by atoms with Gasteiger partial charge in [-0.1, -0.05) is 60.7 Å². The van der Waals surface area contributed by atoms with Gasteiger partial charge in [0.2, 0.25) is 0 Å². The van der Waals surface area contributed by atoms with Crippen LogP contribution in [0, 0.1) is 0 Å². The molecule has 0 spiro atoms. The zero-order valence-electron chi connectivity index (χ0n) is 34.1. The van der Waals surface area contributed by atoms with Gasteiger partial charge in [-0.15, -0.1) is 0 Å². The third-order valence-corrected chi connectivity index (χ3v) is 19.4. The Hall–Kier alpha value is -3.84. The molecular formula is C44H55N7O6P2. The molecule has 0 unspecified atom stereocenters. The van der Waals surface area contributed by atoms with Gasteiger partial charge in [0.05, 0.1) is 77.9 Å². The lowest BCUT2D eigenvalue weighted by molar-refractivity contribution is 0.0578. The number of benzene rings is 3. The Morgan fingerprint density at radius 1 is 0.475 bits per heavy atom. The lowest BCUT2D eigenvalue weighted by atomic mass is 10.1. The topological polar surface area (TPSA) is 97.5 Å². The molecular weight excluding hydrogens is 784 g/mol. The first-order valence-electron chi connectivity index (χ1n) is 20.7. The molecule has 2 aromatic heterocycles. The number of fused-ring (bicyclic) bond motifs is 1. The molecule has 9 rings (SSSR count). The number of morpholine rings is 4. The molecule has 3 aromatic carbocycles. The summed E-state index contributed by atoms with van der Waals surface area (Å²) in [5.41, 5.74) is 6.25. The minimum atomic E-state index is -2.96. The molecule has 4 saturated heterocycles. The predicted octanol–water partition coefficient (Wildman–Crippen LogP) is 6.93. The SMILES string of the molecule is COc1ccccc1N=P(c1c(-c2ccccc2)c(P(=Nc2ccccc2OC)(N2CCOCC2)N2CCOCC2)n2ccccc12)(N1CCOCC1)N1CCOCC1. The molecule has 13 nitrogen and oxygen atoms in total. The van der Waals surface area contributed by atoms with Crippen molar-refractivity contribution in [3.8, 4) is 22.6 Å². The van der Waals surface area contributed by atoms with E-state index in [1.807, 2.05) is 24.3 Å². The summed E-state index contributed by atoms with van der Waals surface area (Å²) in [7, 11) is -2.42. The van der Waals surface area contributed by atoms with E-state index < -0.39 is 14.7 Å². The van der Waals surface area contributed by atoms with E-state index in [-0.39, 0.29) is 0 Å². The van der Waals surface area contributed by atoms with E-state index in [0.29, 0.717) is 52.9 Å². The first-order chi connectivity index (χ1) is 29.2. The van der Waals surface area contributed by atoms with E-state index in [1.165, 1.54) is 16.3 Å². The number of rotatable bonds is 11. The van der Waals surface area contributed by atoms with Crippen LogP contribution in [0.2, 0.25) is 0 Å². The van der Waals surface area contributed by atoms with Crippen LogP contribution < -0.4 is 20.2 Å². The highest BCUT2D eigenvalue weighted by molar-refractivity contribution is 7.72. The van der Waals surface area contributed by atoms with Gasteiger partial charge in [-0.3, -0.25) is 0 Å². The summed E-state index contributed by atoms with van der Waals surface area (Å²) in [6, 6.07) is 34.0. The van der Waals surface area contributed by atoms with Crippen molar-refractivity contribution >= 4 is 42.3 Å². The van der Waals surface area contributed by atoms with Crippen LogP contribution in [0.3, 0.4) is 0 Å². The second-order valence-corrected chi connectivity index (χ2v) is 20.6. The number of hydrogen-bond donors (Lipinski definition) is 0. The minimum Gasteiger partial charge on any atom is -0.494 e. The standard InChI is InChI=1S/C44H55N7O6P2/c1-52-40-17-8-6-14-37(40)45-58(47-20-28-54-29-21-47,48-22-30-55-31-23-48)43-39-16-10-11-19-51(39)44(42(43)36-12-4-3-5-13-36)59(49-24-32-56-33-25-49,50-26-34-57-35-27-50)46-38-15-7-9-18-41(38)53-2/h3-19H,20-35H2,1-2H3. The number of aromatic nitrogens is 1. The molecule has 0 N–H and O–H groups in total. The van der Waals surface area contributed by atoms with Gasteiger partial charge >= 0.3 is 0 Å². The number of nitrogens with zero attached hydrogens (tertiary/aromatic N) is 7. The Labute approximate surface area is 347 Å². The van der Waals surface area contributed by atoms with E-state index in [0.717, 1.165) is 86.3 Å². The van der Waals surface area contributed by atoms with Crippen molar-refractivity contribution in [2.75, 3.05) is 119 Å². The van der Waals surface area contributed by atoms with E-state index in [2.05, 4.69) is 102 Å². The number of hydrogen-bond acceptors (Lipinski definition) is 8. The zero-order chi connectivity index (χ0) is 40.1. The molecule has 0 bridgehead atoms. The summed E-state index contributed by atoms with van der Waals surface area (Å²) in [5, 5.41) is 1.22. The molecule has 4 aliphatic rings. The van der Waals surface area contributed by atoms with Gasteiger partial charge in [0.25, 0.3) is 0 Å². The number of para-hydroxylation sites is 2. The van der Waals surface area contributed by atoms with Crippen LogP contribution in [-0.4, -0.2) is 143 Å². The molecule has 59 heavy (non-hydrogen) atoms. The van der Waals surface area contributed by atoms with Crippen molar-refractivity contribution in [2.24, 2.45) is 9.49 Å². The Bertz CT molecular complexity index is 2130. The van der Waals surface area contributed by atoms with Gasteiger partial charge in [-0.2, -0.15) is 0 Å². The molecule has 15 heteroatoms. The van der Waals surface area contributed by atoms with Crippen molar-refractivity contribution in [2.45, 2.75) is 0 Å². The Kier molecular flexibility index (Phi) is 12.7. The van der Waals surface area contributed by atoms with Crippen LogP contribution in [0.25, 0.3) is 16.6 Å². The normalized spacial score (nSPS) is 19.4. The Morgan fingerprint density at radius 2 is 0.881 bits per heavy atom. The van der Waals surface area contributed by atoms with Gasteiger partial charge in [-0.25, -0.2) is 28.2 Å². The first kappa shape index (κ1) is 40.6. The highest BCUT2D eigenvalue weighted by atomic mass is 31.2. The van der Waals surface area contributed by atoms with Crippen molar-refractivity contribution in [3.63, 3.8) is 0 Å². The summed E-state index contributed by atoms with van der Waals surface area (Å²) in [4.78, 5) is 0. The second kappa shape index (κ2) is 18.4. The fourth-order valence-electron chi connectivity index (χ4n) is 8.96. The maximum Gasteiger partial charge on any atom is 0.150 e. The second-order valence-electron chi connectivity index (χ2n) is 14.8. The maximum atomic E-state index is 6.15. The first-order valence-corrected chi connectivity index (χ1v) is 24.0. The molecule has 4 aliphatic heterocycles. The van der Waals surface area contributed by atoms with Crippen LogP contribution in [-0.2, 0) is 18.9 Å². The third-order valence-electron chi connectivity index (χ3n) is 11.6. The lowest BCUT2D eigenvalue weighted by Crippen LogP contribution is -2.48. The van der Waals surface area contributed by atoms with Crippen molar-refractivity contribution in [1.29, 1.82) is 0 Å². The lowest BCUT2D eigenvalue weighted by Gasteiger charge is -2.48. The molecule has 312 valence electrons. The van der Waals surface area contributed by atoms with Crippen molar-refractivity contribution in [3.05, 3.63) is 103 Å². The van der Waals surface area contributed by atoms with Crippen LogP contribution in [0.1, 0.15) is 0 Å². The van der Waals surface area contributed by atoms with Crippen molar-refractivity contribution in [1.82, 2.24) is 23.1 Å². The number of ether oxygens (including phenoxy) is 6. The van der Waals surface area contributed by atoms with Crippen LogP contribution in [0.5, 0.6) is 11.5 Å². The van der Waals surface area contributed by atoms with E-state index in [9.17, 15) is 0 Å². The maximum absolute atomic E-state index is 6.15. The van der Waals surface area contributed by atoms with Gasteiger partial charge in [-0.05, 0) is 42.0 Å². The fraction of sp³-hybridized carbons (Fsp3) is 0.409. The number of pyridine rings is 1. The molecule has 5 aromatic rings. The highest BCUT2D eigenvalue weighted by Crippen LogP contribution is 2.65. The summed E-state index contributed by atoms with van der Waals surface area (Å²) in [6.45, 7) is 10.8. The molecule has 0 amide bonds. The summed E-state index contributed by atoms with van der Waals surface area (Å²) < 4.78 is 62.0. The predicted molar refractivity (Wildman–Crippen MR) is 236 cm³/mol. The number of methoxy groups -OCH3 is 2. The fourth-order valence-corrected chi connectivity index (χ4v) is 17.4. The summed E-state index contributed by atoms with van der Waals surface area (Å²) >= 11 is 0. The molecule has 0 saturated carbocycles. The van der Waals surface area contributed by atoms with Crippen LogP contribution in [0.15, 0.2) is 113 Å². The average Bonchev–Trinajstić information content (AvgIpc) is 3.67. The van der Waals surface area contributed by atoms with E-state index in [1.54, 1.807) is 14.2 Å². The summed E-state index contributed by atoms with van der Waals surface area (Å²) in [6.07, 6.45) is 2.25. The average molecular weight is 840 g/mol. The van der Waals surface area contributed by atoms with E-state index >= 15 is 0 Å². The Balaban J connectivity index is 1.51. The Morgan fingerprint density at radius 3 is 1.36 bits per heavy atom. The molecule has 0 atom stereocenters. The monoisotopic (exact) mass is 839 g/mol. The molecule has 0 aliphatic carbocycles. The molecule has 6 heterocycles. The largest absolute Gasteiger partial charge is 0.494 e. The molecule has 4 fully saturated rings. The molecule has 0 radical (unpaired) electrons. The van der Waals surface area contributed by atoms with Gasteiger partial charge in [0.15, 0.2) is 0 Å².